The summed E-state index contributed by atoms with van der Waals surface area (Å²) < 4.78 is 0. The average molecular weight is 341 g/mol. The molecule has 0 aromatic heterocycles. The van der Waals surface area contributed by atoms with Gasteiger partial charge in [-0.2, -0.15) is 0 Å². The molecule has 1 atom stereocenters. The summed E-state index contributed by atoms with van der Waals surface area (Å²) in [4.78, 5) is 14.3. The van der Waals surface area contributed by atoms with Gasteiger partial charge >= 0.3 is 0 Å². The van der Waals surface area contributed by atoms with E-state index in [4.69, 9.17) is 0 Å². The molecule has 1 aromatic rings. The van der Waals surface area contributed by atoms with Crippen LogP contribution in [0.15, 0.2) is 24.3 Å². The van der Waals surface area contributed by atoms with Gasteiger partial charge in [0.15, 0.2) is 0 Å². The van der Waals surface area contributed by atoms with Crippen LogP contribution in [-0.4, -0.2) is 30.4 Å². The second kappa shape index (κ2) is 7.11. The van der Waals surface area contributed by atoms with Crippen molar-refractivity contribution in [1.29, 1.82) is 0 Å². The molecule has 136 valence electrons. The lowest BCUT2D eigenvalue weighted by atomic mass is 9.63. The van der Waals surface area contributed by atoms with E-state index < -0.39 is 0 Å². The molecule has 25 heavy (non-hydrogen) atoms. The zero-order valence-electron chi connectivity index (χ0n) is 15.6. The molecule has 1 aromatic carbocycles. The highest BCUT2D eigenvalue weighted by molar-refractivity contribution is 5.73. The quantitative estimate of drug-likeness (QED) is 0.895. The second-order valence-electron chi connectivity index (χ2n) is 8.61. The number of benzene rings is 1. The van der Waals surface area contributed by atoms with Crippen LogP contribution in [0.25, 0.3) is 0 Å². The third-order valence-corrected chi connectivity index (χ3v) is 7.00. The maximum atomic E-state index is 11.6. The lowest BCUT2D eigenvalue weighted by Crippen LogP contribution is -2.47. The van der Waals surface area contributed by atoms with Crippen LogP contribution >= 0.6 is 0 Å². The van der Waals surface area contributed by atoms with E-state index in [1.807, 2.05) is 0 Å². The summed E-state index contributed by atoms with van der Waals surface area (Å²) in [5.41, 5.74) is 3.23. The van der Waals surface area contributed by atoms with Crippen LogP contribution in [0.4, 0.5) is 0 Å². The number of piperidine rings is 1. The van der Waals surface area contributed by atoms with E-state index in [0.29, 0.717) is 5.41 Å². The Balaban J connectivity index is 1.48. The molecule has 1 heterocycles. The Labute approximate surface area is 152 Å². The lowest BCUT2D eigenvalue weighted by molar-refractivity contribution is -0.119. The Morgan fingerprint density at radius 3 is 2.56 bits per heavy atom. The van der Waals surface area contributed by atoms with Crippen molar-refractivity contribution >= 4 is 5.91 Å². The number of hydrogen-bond donors (Lipinski definition) is 1. The van der Waals surface area contributed by atoms with Crippen molar-refractivity contribution in [2.45, 2.75) is 69.7 Å². The summed E-state index contributed by atoms with van der Waals surface area (Å²) in [5, 5.41) is 3.17. The molecule has 1 N–H and O–H groups in total. The molecule has 0 bridgehead atoms. The summed E-state index contributed by atoms with van der Waals surface area (Å²) in [7, 11) is 0. The van der Waals surface area contributed by atoms with E-state index in [1.54, 1.807) is 6.92 Å². The molecule has 2 aliphatic carbocycles. The van der Waals surface area contributed by atoms with Crippen LogP contribution in [0.5, 0.6) is 0 Å². The fraction of sp³-hybridized carbons (Fsp3) is 0.682. The van der Waals surface area contributed by atoms with Gasteiger partial charge in [-0.1, -0.05) is 37.1 Å². The first-order valence-corrected chi connectivity index (χ1v) is 10.3. The van der Waals surface area contributed by atoms with Crippen molar-refractivity contribution in [3.05, 3.63) is 35.4 Å². The molecular formula is C22H32N2O. The molecule has 0 unspecified atom stereocenters. The number of nitrogens with one attached hydrogen (secondary N) is 1. The van der Waals surface area contributed by atoms with Gasteiger partial charge < -0.3 is 10.2 Å². The maximum Gasteiger partial charge on any atom is 0.217 e. The van der Waals surface area contributed by atoms with Crippen molar-refractivity contribution in [1.82, 2.24) is 10.2 Å². The van der Waals surface area contributed by atoms with E-state index in [0.717, 1.165) is 12.3 Å². The molecule has 3 nitrogen and oxygen atoms in total. The van der Waals surface area contributed by atoms with Gasteiger partial charge in [0.25, 0.3) is 0 Å². The van der Waals surface area contributed by atoms with E-state index in [9.17, 15) is 4.79 Å². The summed E-state index contributed by atoms with van der Waals surface area (Å²) in [6.07, 6.45) is 10.6. The largest absolute Gasteiger partial charge is 0.350 e. The topological polar surface area (TPSA) is 32.3 Å². The predicted molar refractivity (Wildman–Crippen MR) is 102 cm³/mol. The number of carbonyl (C=O) groups is 1. The van der Waals surface area contributed by atoms with E-state index in [-0.39, 0.29) is 11.9 Å². The van der Waals surface area contributed by atoms with Crippen LogP contribution in [0, 0.1) is 5.92 Å². The Morgan fingerprint density at radius 2 is 1.84 bits per heavy atom. The summed E-state index contributed by atoms with van der Waals surface area (Å²) >= 11 is 0. The fourth-order valence-electron chi connectivity index (χ4n) is 5.63. The van der Waals surface area contributed by atoms with Gasteiger partial charge in [-0.25, -0.2) is 0 Å². The van der Waals surface area contributed by atoms with Crippen LogP contribution < -0.4 is 5.32 Å². The summed E-state index contributed by atoms with van der Waals surface area (Å²) in [6, 6.07) is 9.08. The highest BCUT2D eigenvalue weighted by Crippen LogP contribution is 2.48. The molecule has 1 saturated heterocycles. The van der Waals surface area contributed by atoms with Crippen molar-refractivity contribution in [3.63, 3.8) is 0 Å². The van der Waals surface area contributed by atoms with E-state index >= 15 is 0 Å². The van der Waals surface area contributed by atoms with Crippen LogP contribution in [-0.2, 0) is 10.2 Å². The van der Waals surface area contributed by atoms with E-state index in [2.05, 4.69) is 34.5 Å². The monoisotopic (exact) mass is 340 g/mol. The standard InChI is InChI=1S/C22H32N2O/c1-17(25)23-21-10-11-22(20-9-5-4-8-19(20)21)12-14-24(15-13-22)16-18-6-2-3-7-18/h4-5,8-9,18,21H,2-3,6-7,10-16H2,1H3,(H,23,25)/t21-/m0/s1. The molecule has 1 spiro atoms. The SMILES string of the molecule is CC(=O)N[C@H]1CCC2(CCN(CC3CCCC3)CC2)c2ccccc21. The zero-order valence-corrected chi connectivity index (χ0v) is 15.6. The van der Waals surface area contributed by atoms with Gasteiger partial charge in [0.05, 0.1) is 6.04 Å². The Bertz CT molecular complexity index is 612. The third-order valence-electron chi connectivity index (χ3n) is 7.00. The molecule has 1 saturated carbocycles. The first-order valence-electron chi connectivity index (χ1n) is 10.3. The first kappa shape index (κ1) is 17.1. The molecular weight excluding hydrogens is 308 g/mol. The molecule has 0 radical (unpaired) electrons. The maximum absolute atomic E-state index is 11.6. The van der Waals surface area contributed by atoms with Gasteiger partial charge in [0.2, 0.25) is 5.91 Å². The van der Waals surface area contributed by atoms with Crippen LogP contribution in [0.1, 0.15) is 75.5 Å². The molecule has 1 amide bonds. The molecule has 3 heteroatoms. The number of carbonyl (C=O) groups excluding carboxylic acids is 1. The fourth-order valence-corrected chi connectivity index (χ4v) is 5.63. The molecule has 1 aliphatic heterocycles. The average Bonchev–Trinajstić information content (AvgIpc) is 3.13. The minimum absolute atomic E-state index is 0.0853. The number of nitrogens with zero attached hydrogens (tertiary/aromatic N) is 1. The Kier molecular flexibility index (Phi) is 4.86. The minimum atomic E-state index is 0.0853. The van der Waals surface area contributed by atoms with Crippen molar-refractivity contribution in [2.24, 2.45) is 5.92 Å². The van der Waals surface area contributed by atoms with Crippen LogP contribution in [0.3, 0.4) is 0 Å². The summed E-state index contributed by atoms with van der Waals surface area (Å²) in [5.74, 6) is 1.04. The van der Waals surface area contributed by atoms with Gasteiger partial charge in [-0.15, -0.1) is 0 Å². The van der Waals surface area contributed by atoms with Gasteiger partial charge in [0.1, 0.15) is 0 Å². The minimum Gasteiger partial charge on any atom is -0.350 e. The first-order chi connectivity index (χ1) is 12.2. The van der Waals surface area contributed by atoms with Crippen molar-refractivity contribution in [2.75, 3.05) is 19.6 Å². The number of rotatable bonds is 3. The predicted octanol–water partition coefficient (Wildman–Crippen LogP) is 4.18. The Morgan fingerprint density at radius 1 is 1.12 bits per heavy atom. The van der Waals surface area contributed by atoms with Crippen molar-refractivity contribution < 1.29 is 4.79 Å². The number of likely N-dealkylation sites (tertiary alicyclic amines) is 1. The smallest absolute Gasteiger partial charge is 0.217 e. The lowest BCUT2D eigenvalue weighted by Gasteiger charge is -2.47. The van der Waals surface area contributed by atoms with E-state index in [1.165, 1.54) is 75.7 Å². The highest BCUT2D eigenvalue weighted by atomic mass is 16.1. The Hall–Kier alpha value is -1.35. The van der Waals surface area contributed by atoms with Gasteiger partial charge in [0, 0.05) is 13.5 Å². The van der Waals surface area contributed by atoms with Crippen molar-refractivity contribution in [3.8, 4) is 0 Å². The normalized spacial score (nSPS) is 26.5. The summed E-state index contributed by atoms with van der Waals surface area (Å²) in [6.45, 7) is 5.45. The molecule has 3 aliphatic rings. The zero-order chi connectivity index (χ0) is 17.3. The van der Waals surface area contributed by atoms with Crippen LogP contribution in [0.2, 0.25) is 0 Å². The number of amides is 1. The third kappa shape index (κ3) is 3.48. The second-order valence-corrected chi connectivity index (χ2v) is 8.61. The molecule has 2 fully saturated rings. The number of hydrogen-bond acceptors (Lipinski definition) is 2. The van der Waals surface area contributed by atoms with Gasteiger partial charge in [-0.05, 0) is 74.1 Å². The number of fused-ring (bicyclic) bond motifs is 2. The molecule has 4 rings (SSSR count). The van der Waals surface area contributed by atoms with Gasteiger partial charge in [-0.3, -0.25) is 4.79 Å². The highest BCUT2D eigenvalue weighted by Gasteiger charge is 2.42.